The molecular formula is C14H18N2O5. The van der Waals surface area contributed by atoms with E-state index in [4.69, 9.17) is 15.2 Å². The zero-order chi connectivity index (χ0) is 16.0. The van der Waals surface area contributed by atoms with Gasteiger partial charge in [0, 0.05) is 0 Å². The Bertz CT molecular complexity index is 542. The van der Waals surface area contributed by atoms with Crippen molar-refractivity contribution in [2.75, 3.05) is 7.11 Å². The molecule has 7 heteroatoms. The number of primary amides is 1. The van der Waals surface area contributed by atoms with Gasteiger partial charge in [-0.1, -0.05) is 26.0 Å². The first-order chi connectivity index (χ1) is 9.86. The van der Waals surface area contributed by atoms with Crippen LogP contribution in [-0.4, -0.2) is 31.1 Å². The number of urea groups is 1. The first-order valence-corrected chi connectivity index (χ1v) is 6.31. The summed E-state index contributed by atoms with van der Waals surface area (Å²) in [5.41, 5.74) is 5.08. The zero-order valence-corrected chi connectivity index (χ0v) is 12.1. The van der Waals surface area contributed by atoms with Gasteiger partial charge < -0.3 is 15.2 Å². The van der Waals surface area contributed by atoms with E-state index in [0.717, 1.165) is 0 Å². The van der Waals surface area contributed by atoms with Gasteiger partial charge in [0.2, 0.25) is 0 Å². The van der Waals surface area contributed by atoms with E-state index in [2.05, 4.69) is 0 Å². The first kappa shape index (κ1) is 16.5. The molecule has 0 spiro atoms. The number of esters is 1. The minimum Gasteiger partial charge on any atom is -0.496 e. The molecule has 1 atom stereocenters. The predicted octanol–water partition coefficient (Wildman–Crippen LogP) is 1.07. The van der Waals surface area contributed by atoms with Gasteiger partial charge in [-0.05, 0) is 18.1 Å². The van der Waals surface area contributed by atoms with Crippen molar-refractivity contribution in [2.45, 2.75) is 20.0 Å². The van der Waals surface area contributed by atoms with E-state index >= 15 is 0 Å². The Hall–Kier alpha value is -2.57. The molecule has 1 aromatic rings. The average Bonchev–Trinajstić information content (AvgIpc) is 2.43. The molecule has 3 amide bonds. The van der Waals surface area contributed by atoms with Crippen molar-refractivity contribution in [3.8, 4) is 5.75 Å². The van der Waals surface area contributed by atoms with Crippen LogP contribution in [0.15, 0.2) is 24.3 Å². The third kappa shape index (κ3) is 4.48. The van der Waals surface area contributed by atoms with Crippen molar-refractivity contribution in [1.82, 2.24) is 5.32 Å². The number of hydrogen-bond acceptors (Lipinski definition) is 5. The van der Waals surface area contributed by atoms with Crippen LogP contribution in [0.2, 0.25) is 0 Å². The molecule has 0 aliphatic rings. The summed E-state index contributed by atoms with van der Waals surface area (Å²) in [5, 5.41) is 1.90. The molecule has 0 aliphatic heterocycles. The molecule has 0 aliphatic carbocycles. The van der Waals surface area contributed by atoms with E-state index in [-0.39, 0.29) is 11.5 Å². The highest BCUT2D eigenvalue weighted by Crippen LogP contribution is 2.20. The van der Waals surface area contributed by atoms with Crippen LogP contribution >= 0.6 is 0 Å². The smallest absolute Gasteiger partial charge is 0.342 e. The summed E-state index contributed by atoms with van der Waals surface area (Å²) in [6, 6.07) is 5.47. The van der Waals surface area contributed by atoms with Crippen LogP contribution in [0.4, 0.5) is 4.79 Å². The number of para-hydroxylation sites is 1. The molecule has 1 aromatic carbocycles. The summed E-state index contributed by atoms with van der Waals surface area (Å²) in [6.45, 7) is 3.36. The number of rotatable bonds is 5. The molecule has 0 radical (unpaired) electrons. The average molecular weight is 294 g/mol. The quantitative estimate of drug-likeness (QED) is 0.790. The number of nitrogens with two attached hydrogens (primary N) is 1. The summed E-state index contributed by atoms with van der Waals surface area (Å²) in [7, 11) is 1.42. The second-order valence-electron chi connectivity index (χ2n) is 4.62. The monoisotopic (exact) mass is 294 g/mol. The number of carbonyl (C=O) groups excluding carboxylic acids is 3. The van der Waals surface area contributed by atoms with Gasteiger partial charge in [0.1, 0.15) is 11.3 Å². The number of amides is 3. The number of nitrogens with one attached hydrogen (secondary N) is 1. The Morgan fingerprint density at radius 2 is 1.81 bits per heavy atom. The van der Waals surface area contributed by atoms with Gasteiger partial charge >= 0.3 is 12.0 Å². The fourth-order valence-electron chi connectivity index (χ4n) is 1.68. The topological polar surface area (TPSA) is 108 Å². The van der Waals surface area contributed by atoms with Gasteiger partial charge in [0.05, 0.1) is 7.11 Å². The number of carbonyl (C=O) groups is 3. The molecule has 7 nitrogen and oxygen atoms in total. The third-order valence-electron chi connectivity index (χ3n) is 2.67. The summed E-state index contributed by atoms with van der Waals surface area (Å²) in [4.78, 5) is 34.6. The van der Waals surface area contributed by atoms with Crippen LogP contribution < -0.4 is 15.8 Å². The molecule has 21 heavy (non-hydrogen) atoms. The van der Waals surface area contributed by atoms with Gasteiger partial charge in [-0.3, -0.25) is 10.1 Å². The Balaban J connectivity index is 2.91. The Labute approximate surface area is 122 Å². The van der Waals surface area contributed by atoms with Crippen LogP contribution in [-0.2, 0) is 9.53 Å². The maximum Gasteiger partial charge on any atom is 0.342 e. The van der Waals surface area contributed by atoms with Gasteiger partial charge in [0.25, 0.3) is 5.91 Å². The number of methoxy groups -OCH3 is 1. The number of benzene rings is 1. The molecule has 1 rings (SSSR count). The van der Waals surface area contributed by atoms with Crippen molar-refractivity contribution >= 4 is 17.9 Å². The molecule has 0 bridgehead atoms. The standard InChI is InChI=1S/C14H18N2O5/c1-8(2)11(12(17)16-14(15)19)21-13(18)9-6-4-5-7-10(9)20-3/h4-8,11H,1-3H3,(H3,15,16,17,19)/t11-/m1/s1. The van der Waals surface area contributed by atoms with Crippen LogP contribution in [0.1, 0.15) is 24.2 Å². The minimum absolute atomic E-state index is 0.192. The number of hydrogen-bond donors (Lipinski definition) is 2. The van der Waals surface area contributed by atoms with E-state index < -0.39 is 24.0 Å². The van der Waals surface area contributed by atoms with Gasteiger partial charge in [-0.25, -0.2) is 9.59 Å². The predicted molar refractivity (Wildman–Crippen MR) is 74.8 cm³/mol. The van der Waals surface area contributed by atoms with Gasteiger partial charge in [-0.2, -0.15) is 0 Å². The lowest BCUT2D eigenvalue weighted by atomic mass is 10.1. The van der Waals surface area contributed by atoms with Crippen molar-refractivity contribution in [1.29, 1.82) is 0 Å². The Kier molecular flexibility index (Phi) is 5.71. The van der Waals surface area contributed by atoms with Gasteiger partial charge in [-0.15, -0.1) is 0 Å². The van der Waals surface area contributed by atoms with Crippen LogP contribution in [0.3, 0.4) is 0 Å². The summed E-state index contributed by atoms with van der Waals surface area (Å²) >= 11 is 0. The van der Waals surface area contributed by atoms with Crippen LogP contribution in [0, 0.1) is 5.92 Å². The Morgan fingerprint density at radius 1 is 1.19 bits per heavy atom. The normalized spacial score (nSPS) is 11.6. The maximum absolute atomic E-state index is 12.1. The largest absolute Gasteiger partial charge is 0.496 e. The molecular weight excluding hydrogens is 276 g/mol. The fraction of sp³-hybridized carbons (Fsp3) is 0.357. The zero-order valence-electron chi connectivity index (χ0n) is 12.1. The summed E-state index contributed by atoms with van der Waals surface area (Å²) < 4.78 is 10.2. The molecule has 0 unspecified atom stereocenters. The van der Waals surface area contributed by atoms with E-state index in [9.17, 15) is 14.4 Å². The molecule has 0 aromatic heterocycles. The lowest BCUT2D eigenvalue weighted by Gasteiger charge is -2.20. The molecule has 3 N–H and O–H groups in total. The van der Waals surface area contributed by atoms with Crippen LogP contribution in [0.25, 0.3) is 0 Å². The lowest BCUT2D eigenvalue weighted by Crippen LogP contribution is -2.45. The van der Waals surface area contributed by atoms with Crippen molar-refractivity contribution in [3.05, 3.63) is 29.8 Å². The minimum atomic E-state index is -1.13. The van der Waals surface area contributed by atoms with Gasteiger partial charge in [0.15, 0.2) is 6.10 Å². The van der Waals surface area contributed by atoms with Crippen molar-refractivity contribution in [3.63, 3.8) is 0 Å². The van der Waals surface area contributed by atoms with Crippen molar-refractivity contribution in [2.24, 2.45) is 11.7 Å². The van der Waals surface area contributed by atoms with Crippen molar-refractivity contribution < 1.29 is 23.9 Å². The lowest BCUT2D eigenvalue weighted by molar-refractivity contribution is -0.130. The number of ether oxygens (including phenoxy) is 2. The highest BCUT2D eigenvalue weighted by Gasteiger charge is 2.28. The van der Waals surface area contributed by atoms with E-state index in [1.807, 2.05) is 5.32 Å². The summed E-state index contributed by atoms with van der Waals surface area (Å²) in [6.07, 6.45) is -1.13. The van der Waals surface area contributed by atoms with Crippen LogP contribution in [0.5, 0.6) is 5.75 Å². The summed E-state index contributed by atoms with van der Waals surface area (Å²) in [5.74, 6) is -1.48. The second kappa shape index (κ2) is 7.28. The first-order valence-electron chi connectivity index (χ1n) is 6.31. The second-order valence-corrected chi connectivity index (χ2v) is 4.62. The third-order valence-corrected chi connectivity index (χ3v) is 2.67. The molecule has 114 valence electrons. The molecule has 0 saturated carbocycles. The number of imide groups is 1. The molecule has 0 heterocycles. The van der Waals surface area contributed by atoms with E-state index in [0.29, 0.717) is 5.75 Å². The van der Waals surface area contributed by atoms with E-state index in [1.54, 1.807) is 32.0 Å². The van der Waals surface area contributed by atoms with E-state index in [1.165, 1.54) is 13.2 Å². The molecule has 0 fully saturated rings. The Morgan fingerprint density at radius 3 is 2.33 bits per heavy atom. The highest BCUT2D eigenvalue weighted by atomic mass is 16.6. The SMILES string of the molecule is COc1ccccc1C(=O)O[C@@H](C(=O)NC(N)=O)C(C)C. The maximum atomic E-state index is 12.1. The highest BCUT2D eigenvalue weighted by molar-refractivity contribution is 5.99. The molecule has 0 saturated heterocycles. The fourth-order valence-corrected chi connectivity index (χ4v) is 1.68.